The molecule has 256 valence electrons. The Bertz CT molecular complexity index is 1370. The second kappa shape index (κ2) is 18.7. The Morgan fingerprint density at radius 1 is 1.00 bits per heavy atom. The zero-order chi connectivity index (χ0) is 34.3. The summed E-state index contributed by atoms with van der Waals surface area (Å²) in [7, 11) is 3.20. The second-order valence-electron chi connectivity index (χ2n) is 12.0. The number of amides is 5. The van der Waals surface area contributed by atoms with Crippen molar-refractivity contribution in [3.05, 3.63) is 59.1 Å². The molecule has 0 aliphatic carbocycles. The zero-order valence-corrected chi connectivity index (χ0v) is 28.3. The van der Waals surface area contributed by atoms with E-state index in [1.165, 1.54) is 9.80 Å². The number of likely N-dealkylation sites (N-methyl/N-ethyl adjacent to an activating group) is 1. The van der Waals surface area contributed by atoms with Gasteiger partial charge in [0.15, 0.2) is 0 Å². The van der Waals surface area contributed by atoms with Gasteiger partial charge in [-0.15, -0.1) is 0 Å². The third-order valence-corrected chi connectivity index (χ3v) is 7.81. The number of carbonyl (C=O) groups excluding carboxylic acids is 5. The minimum Gasteiger partial charge on any atom is -0.492 e. The Morgan fingerprint density at radius 3 is 2.43 bits per heavy atom. The quantitative estimate of drug-likeness (QED) is 0.384. The first-order valence-corrected chi connectivity index (χ1v) is 16.3. The minimum absolute atomic E-state index is 0.0147. The molecule has 0 bridgehead atoms. The van der Waals surface area contributed by atoms with E-state index < -0.39 is 17.9 Å². The molecule has 12 nitrogen and oxygen atoms in total. The van der Waals surface area contributed by atoms with Crippen molar-refractivity contribution in [3.8, 4) is 11.5 Å². The Balaban J connectivity index is 1.78. The summed E-state index contributed by atoms with van der Waals surface area (Å²) in [5, 5.41) is 9.09. The first kappa shape index (κ1) is 37.1. The molecule has 3 N–H and O–H groups in total. The summed E-state index contributed by atoms with van der Waals surface area (Å²) in [6.07, 6.45) is 1.21. The Labute approximate surface area is 281 Å². The van der Waals surface area contributed by atoms with Crippen molar-refractivity contribution in [1.29, 1.82) is 0 Å². The molecule has 1 heterocycles. The van der Waals surface area contributed by atoms with Gasteiger partial charge in [-0.3, -0.25) is 24.0 Å². The summed E-state index contributed by atoms with van der Waals surface area (Å²) in [5.41, 5.74) is 0.203. The first-order valence-electron chi connectivity index (χ1n) is 15.9. The van der Waals surface area contributed by atoms with Gasteiger partial charge < -0.3 is 35.2 Å². The molecule has 2 aromatic carbocycles. The van der Waals surface area contributed by atoms with Gasteiger partial charge >= 0.3 is 0 Å². The maximum absolute atomic E-state index is 13.6. The van der Waals surface area contributed by atoms with E-state index >= 15 is 0 Å². The average molecular weight is 672 g/mol. The molecular weight excluding hydrogens is 626 g/mol. The lowest BCUT2D eigenvalue weighted by atomic mass is 10.0. The van der Waals surface area contributed by atoms with Crippen molar-refractivity contribution >= 4 is 41.1 Å². The van der Waals surface area contributed by atoms with Crippen LogP contribution in [0.1, 0.15) is 56.3 Å². The highest BCUT2D eigenvalue weighted by Gasteiger charge is 2.26. The zero-order valence-electron chi connectivity index (χ0n) is 27.6. The van der Waals surface area contributed by atoms with Crippen molar-refractivity contribution in [2.75, 3.05) is 46.9 Å². The molecule has 2 atom stereocenters. The molecule has 1 aliphatic heterocycles. The summed E-state index contributed by atoms with van der Waals surface area (Å²) in [6.45, 7) is 4.67. The second-order valence-corrected chi connectivity index (χ2v) is 12.5. The van der Waals surface area contributed by atoms with Crippen LogP contribution in [0.15, 0.2) is 48.5 Å². The largest absolute Gasteiger partial charge is 0.492 e. The van der Waals surface area contributed by atoms with Crippen LogP contribution in [0.2, 0.25) is 5.02 Å². The van der Waals surface area contributed by atoms with Gasteiger partial charge in [0.1, 0.15) is 30.8 Å². The van der Waals surface area contributed by atoms with Gasteiger partial charge in [-0.25, -0.2) is 0 Å². The summed E-state index contributed by atoms with van der Waals surface area (Å²) in [6, 6.07) is 12.1. The fraction of sp³-hybridized carbons (Fsp3) is 0.500. The standard InChI is InChI=1S/C34H46ClN5O7/c1-23(2)20-25-22-47-29-9-6-5-8-27(29)33(44)38-28(34(45)36-17-19-46-26-13-11-24(35)12-14-26)15-16-32(43)39(3)18-7-10-31(42)40(4)21-30(41)37-25/h5-6,8-9,11-14,23,25,28H,7,10,15-22H2,1-4H3,(H,36,45)(H,37,41)(H,38,44)/t25-,28-/m0/s1. The minimum atomic E-state index is -1.03. The molecule has 1 aliphatic rings. The summed E-state index contributed by atoms with van der Waals surface area (Å²) in [4.78, 5) is 68.2. The Morgan fingerprint density at radius 2 is 1.70 bits per heavy atom. The topological polar surface area (TPSA) is 146 Å². The molecule has 0 radical (unpaired) electrons. The van der Waals surface area contributed by atoms with E-state index in [0.29, 0.717) is 30.2 Å². The van der Waals surface area contributed by atoms with Crippen LogP contribution in [0, 0.1) is 5.92 Å². The number of nitrogens with one attached hydrogen (secondary N) is 3. The number of benzene rings is 2. The molecule has 5 amide bonds. The summed E-state index contributed by atoms with van der Waals surface area (Å²) < 4.78 is 11.7. The lowest BCUT2D eigenvalue weighted by molar-refractivity contribution is -0.135. The van der Waals surface area contributed by atoms with Gasteiger partial charge in [0.05, 0.1) is 24.7 Å². The van der Waals surface area contributed by atoms with Crippen LogP contribution in [-0.2, 0) is 19.2 Å². The monoisotopic (exact) mass is 671 g/mol. The molecule has 47 heavy (non-hydrogen) atoms. The van der Waals surface area contributed by atoms with Crippen LogP contribution in [0.25, 0.3) is 0 Å². The SMILES string of the molecule is CC(C)C[C@H]1COc2ccccc2C(=O)N[C@H](C(=O)NCCOc2ccc(Cl)cc2)CCC(=O)N(C)CCCC(=O)N(C)CC(=O)N1. The Kier molecular flexibility index (Phi) is 14.8. The van der Waals surface area contributed by atoms with Crippen LogP contribution in [0.5, 0.6) is 11.5 Å². The van der Waals surface area contributed by atoms with Crippen LogP contribution in [0.4, 0.5) is 0 Å². The van der Waals surface area contributed by atoms with Crippen molar-refractivity contribution in [2.24, 2.45) is 5.92 Å². The van der Waals surface area contributed by atoms with Crippen molar-refractivity contribution < 1.29 is 33.4 Å². The molecule has 0 saturated heterocycles. The average Bonchev–Trinajstić information content (AvgIpc) is 3.03. The number of halogens is 1. The molecular formula is C34H46ClN5O7. The highest BCUT2D eigenvalue weighted by Crippen LogP contribution is 2.20. The first-order chi connectivity index (χ1) is 22.4. The smallest absolute Gasteiger partial charge is 0.255 e. The number of hydrogen-bond donors (Lipinski definition) is 3. The summed E-state index contributed by atoms with van der Waals surface area (Å²) in [5.74, 6) is -0.675. The molecule has 0 aromatic heterocycles. The van der Waals surface area contributed by atoms with Crippen molar-refractivity contribution in [2.45, 2.75) is 58.0 Å². The van der Waals surface area contributed by atoms with Gasteiger partial charge in [0, 0.05) is 38.5 Å². The number of hydrogen-bond acceptors (Lipinski definition) is 7. The third kappa shape index (κ3) is 12.8. The normalized spacial score (nSPS) is 19.3. The number of carbonyl (C=O) groups is 5. The van der Waals surface area contributed by atoms with Crippen LogP contribution >= 0.6 is 11.6 Å². The molecule has 0 spiro atoms. The molecule has 13 heteroatoms. The molecule has 0 unspecified atom stereocenters. The van der Waals surface area contributed by atoms with E-state index in [4.69, 9.17) is 21.1 Å². The predicted octanol–water partition coefficient (Wildman–Crippen LogP) is 3.03. The molecule has 2 aromatic rings. The third-order valence-electron chi connectivity index (χ3n) is 7.56. The highest BCUT2D eigenvalue weighted by atomic mass is 35.5. The number of rotatable bonds is 7. The van der Waals surface area contributed by atoms with E-state index in [9.17, 15) is 24.0 Å². The lowest BCUT2D eigenvalue weighted by Crippen LogP contribution is -2.48. The molecule has 3 rings (SSSR count). The van der Waals surface area contributed by atoms with Gasteiger partial charge in [-0.2, -0.15) is 0 Å². The Hall–Kier alpha value is -4.32. The van der Waals surface area contributed by atoms with Crippen LogP contribution in [0.3, 0.4) is 0 Å². The number of para-hydroxylation sites is 1. The van der Waals surface area contributed by atoms with Crippen molar-refractivity contribution in [3.63, 3.8) is 0 Å². The van der Waals surface area contributed by atoms with Crippen LogP contribution < -0.4 is 25.4 Å². The highest BCUT2D eigenvalue weighted by molar-refractivity contribution is 6.30. The van der Waals surface area contributed by atoms with E-state index in [1.54, 1.807) is 62.6 Å². The number of fused-ring (bicyclic) bond motifs is 1. The number of ether oxygens (including phenoxy) is 2. The van der Waals surface area contributed by atoms with E-state index in [0.717, 1.165) is 0 Å². The number of nitrogens with zero attached hydrogens (tertiary/aromatic N) is 2. The van der Waals surface area contributed by atoms with Crippen LogP contribution in [-0.4, -0.2) is 98.4 Å². The predicted molar refractivity (Wildman–Crippen MR) is 178 cm³/mol. The van der Waals surface area contributed by atoms with Gasteiger partial charge in [0.25, 0.3) is 5.91 Å². The van der Waals surface area contributed by atoms with Gasteiger partial charge in [0.2, 0.25) is 23.6 Å². The van der Waals surface area contributed by atoms with E-state index in [1.807, 2.05) is 13.8 Å². The maximum Gasteiger partial charge on any atom is 0.255 e. The fourth-order valence-electron chi connectivity index (χ4n) is 5.03. The molecule has 0 saturated carbocycles. The lowest BCUT2D eigenvalue weighted by Gasteiger charge is -2.25. The summed E-state index contributed by atoms with van der Waals surface area (Å²) >= 11 is 5.92. The van der Waals surface area contributed by atoms with E-state index in [-0.39, 0.29) is 86.6 Å². The van der Waals surface area contributed by atoms with Gasteiger partial charge in [-0.05, 0) is 61.6 Å². The van der Waals surface area contributed by atoms with Crippen molar-refractivity contribution in [1.82, 2.24) is 25.8 Å². The van der Waals surface area contributed by atoms with Gasteiger partial charge in [-0.1, -0.05) is 37.6 Å². The molecule has 0 fully saturated rings. The fourth-order valence-corrected chi connectivity index (χ4v) is 5.15. The van der Waals surface area contributed by atoms with E-state index in [2.05, 4.69) is 16.0 Å². The maximum atomic E-state index is 13.6.